The fraction of sp³-hybridized carbons (Fsp3) is 0.286. The van der Waals surface area contributed by atoms with E-state index in [1.165, 1.54) is 6.42 Å². The number of anilines is 4. The van der Waals surface area contributed by atoms with E-state index in [2.05, 4.69) is 26.9 Å². The lowest BCUT2D eigenvalue weighted by molar-refractivity contribution is 0.102. The quantitative estimate of drug-likeness (QED) is 0.410. The Bertz CT molecular complexity index is 1180. The van der Waals surface area contributed by atoms with Crippen molar-refractivity contribution in [1.82, 2.24) is 0 Å². The lowest BCUT2D eigenvalue weighted by Gasteiger charge is -2.31. The van der Waals surface area contributed by atoms with Gasteiger partial charge in [-0.2, -0.15) is 0 Å². The number of hydrogen-bond acceptors (Lipinski definition) is 3. The molecule has 176 valence electrons. The molecule has 4 rings (SSSR count). The van der Waals surface area contributed by atoms with Crippen LogP contribution in [0, 0.1) is 20.8 Å². The van der Waals surface area contributed by atoms with Crippen molar-refractivity contribution in [2.24, 2.45) is 0 Å². The Morgan fingerprint density at radius 1 is 0.706 bits per heavy atom. The van der Waals surface area contributed by atoms with Crippen molar-refractivity contribution in [3.05, 3.63) is 82.9 Å². The molecule has 3 amide bonds. The van der Waals surface area contributed by atoms with E-state index in [1.54, 1.807) is 6.07 Å². The molecule has 0 aromatic heterocycles. The number of carbonyl (C=O) groups excluding carboxylic acids is 2. The van der Waals surface area contributed by atoms with E-state index in [0.717, 1.165) is 54.0 Å². The number of nitrogens with one attached hydrogen (secondary N) is 3. The topological polar surface area (TPSA) is 73.5 Å². The summed E-state index contributed by atoms with van der Waals surface area (Å²) in [7, 11) is 0. The summed E-state index contributed by atoms with van der Waals surface area (Å²) in [4.78, 5) is 28.0. The summed E-state index contributed by atoms with van der Waals surface area (Å²) in [6.07, 6.45) is 3.47. The highest BCUT2D eigenvalue weighted by Gasteiger charge is 2.17. The molecule has 3 aromatic rings. The maximum Gasteiger partial charge on any atom is 0.323 e. The first kappa shape index (κ1) is 23.4. The summed E-state index contributed by atoms with van der Waals surface area (Å²) in [5.74, 6) is -0.180. The first-order chi connectivity index (χ1) is 16.4. The molecule has 1 fully saturated rings. The summed E-state index contributed by atoms with van der Waals surface area (Å²) < 4.78 is 0. The van der Waals surface area contributed by atoms with Crippen molar-refractivity contribution >= 4 is 34.7 Å². The largest absolute Gasteiger partial charge is 0.370 e. The van der Waals surface area contributed by atoms with E-state index in [4.69, 9.17) is 0 Å². The summed E-state index contributed by atoms with van der Waals surface area (Å²) in [6.45, 7) is 7.86. The van der Waals surface area contributed by atoms with Crippen LogP contribution in [0.5, 0.6) is 0 Å². The third-order valence-corrected chi connectivity index (χ3v) is 5.96. The minimum Gasteiger partial charge on any atom is -0.370 e. The van der Waals surface area contributed by atoms with E-state index < -0.39 is 0 Å². The van der Waals surface area contributed by atoms with E-state index in [9.17, 15) is 9.59 Å². The van der Waals surface area contributed by atoms with E-state index in [1.807, 2.05) is 69.3 Å². The Balaban J connectivity index is 1.57. The number of piperidine rings is 1. The maximum absolute atomic E-state index is 12.9. The summed E-state index contributed by atoms with van der Waals surface area (Å²) in [5, 5.41) is 8.92. The van der Waals surface area contributed by atoms with Crippen LogP contribution in [-0.2, 0) is 0 Å². The van der Waals surface area contributed by atoms with Crippen LogP contribution in [0.15, 0.2) is 60.7 Å². The number of hydrogen-bond donors (Lipinski definition) is 3. The fourth-order valence-electron chi connectivity index (χ4n) is 4.45. The Morgan fingerprint density at radius 3 is 2.15 bits per heavy atom. The average molecular weight is 457 g/mol. The highest BCUT2D eigenvalue weighted by Crippen LogP contribution is 2.32. The van der Waals surface area contributed by atoms with Gasteiger partial charge in [0.25, 0.3) is 5.91 Å². The zero-order valence-electron chi connectivity index (χ0n) is 20.1. The normalized spacial score (nSPS) is 13.3. The number of rotatable bonds is 5. The second-order valence-corrected chi connectivity index (χ2v) is 9.06. The molecule has 1 aliphatic rings. The van der Waals surface area contributed by atoms with Crippen LogP contribution in [0.4, 0.5) is 27.5 Å². The average Bonchev–Trinajstić information content (AvgIpc) is 2.79. The molecule has 6 heteroatoms. The van der Waals surface area contributed by atoms with Crippen LogP contribution in [0.3, 0.4) is 0 Å². The number of urea groups is 1. The standard InChI is InChI=1S/C28H32N4O2/c1-19-8-7-9-22(15-19)27(33)29-23-10-11-26(32-12-5-4-6-13-32)25(18-23)31-28(34)30-24-16-20(2)14-21(3)17-24/h7-11,14-18H,4-6,12-13H2,1-3H3,(H,29,33)(H2,30,31,34). The molecule has 0 saturated carbocycles. The molecular weight excluding hydrogens is 424 g/mol. The van der Waals surface area contributed by atoms with Crippen molar-refractivity contribution in [3.8, 4) is 0 Å². The predicted octanol–water partition coefficient (Wildman–Crippen LogP) is 6.50. The Hall–Kier alpha value is -3.80. The monoisotopic (exact) mass is 456 g/mol. The molecule has 0 radical (unpaired) electrons. The number of carbonyl (C=O) groups is 2. The van der Waals surface area contributed by atoms with Gasteiger partial charge in [-0.25, -0.2) is 4.79 Å². The maximum atomic E-state index is 12.9. The minimum atomic E-state index is -0.314. The lowest BCUT2D eigenvalue weighted by Crippen LogP contribution is -2.31. The van der Waals surface area contributed by atoms with Gasteiger partial charge in [0.15, 0.2) is 0 Å². The zero-order valence-corrected chi connectivity index (χ0v) is 20.1. The van der Waals surface area contributed by atoms with Gasteiger partial charge in [0.2, 0.25) is 0 Å². The number of benzene rings is 3. The first-order valence-corrected chi connectivity index (χ1v) is 11.8. The van der Waals surface area contributed by atoms with Gasteiger partial charge in [0.05, 0.1) is 11.4 Å². The van der Waals surface area contributed by atoms with Gasteiger partial charge >= 0.3 is 6.03 Å². The van der Waals surface area contributed by atoms with E-state index in [-0.39, 0.29) is 11.9 Å². The number of nitrogens with zero attached hydrogens (tertiary/aromatic N) is 1. The molecule has 6 nitrogen and oxygen atoms in total. The van der Waals surface area contributed by atoms with E-state index in [0.29, 0.717) is 16.9 Å². The van der Waals surface area contributed by atoms with Gasteiger partial charge in [-0.1, -0.05) is 23.8 Å². The molecule has 0 bridgehead atoms. The van der Waals surface area contributed by atoms with Crippen molar-refractivity contribution in [1.29, 1.82) is 0 Å². The van der Waals surface area contributed by atoms with Crippen molar-refractivity contribution in [2.45, 2.75) is 40.0 Å². The SMILES string of the molecule is Cc1cc(C)cc(NC(=O)Nc2cc(NC(=O)c3cccc(C)c3)ccc2N2CCCCC2)c1. The Kier molecular flexibility index (Phi) is 7.16. The predicted molar refractivity (Wildman–Crippen MR) is 140 cm³/mol. The van der Waals surface area contributed by atoms with E-state index >= 15 is 0 Å². The highest BCUT2D eigenvalue weighted by atomic mass is 16.2. The lowest BCUT2D eigenvalue weighted by atomic mass is 10.1. The smallest absolute Gasteiger partial charge is 0.323 e. The van der Waals surface area contributed by atoms with Crippen LogP contribution in [-0.4, -0.2) is 25.0 Å². The van der Waals surface area contributed by atoms with Crippen LogP contribution >= 0.6 is 0 Å². The zero-order chi connectivity index (χ0) is 24.1. The summed E-state index contributed by atoms with van der Waals surface area (Å²) in [5.41, 5.74) is 6.82. The fourth-order valence-corrected chi connectivity index (χ4v) is 4.45. The number of aryl methyl sites for hydroxylation is 3. The molecule has 0 atom stereocenters. The summed E-state index contributed by atoms with van der Waals surface area (Å²) in [6, 6.07) is 18.8. The molecular formula is C28H32N4O2. The van der Waals surface area contributed by atoms with Crippen molar-refractivity contribution in [3.63, 3.8) is 0 Å². The van der Waals surface area contributed by atoms with Gasteiger partial charge in [-0.15, -0.1) is 0 Å². The van der Waals surface area contributed by atoms with Gasteiger partial charge in [0.1, 0.15) is 0 Å². The third kappa shape index (κ3) is 5.95. The number of amides is 3. The minimum absolute atomic E-state index is 0.180. The third-order valence-electron chi connectivity index (χ3n) is 5.96. The van der Waals surface area contributed by atoms with Crippen LogP contribution in [0.25, 0.3) is 0 Å². The van der Waals surface area contributed by atoms with Crippen molar-refractivity contribution < 1.29 is 9.59 Å². The molecule has 3 aromatic carbocycles. The van der Waals surface area contributed by atoms with Gasteiger partial charge in [-0.3, -0.25) is 4.79 Å². The van der Waals surface area contributed by atoms with Crippen molar-refractivity contribution in [2.75, 3.05) is 33.9 Å². The van der Waals surface area contributed by atoms with Gasteiger partial charge in [-0.05, 0) is 93.6 Å². The molecule has 1 saturated heterocycles. The molecule has 1 heterocycles. The Morgan fingerprint density at radius 2 is 1.44 bits per heavy atom. The summed E-state index contributed by atoms with van der Waals surface area (Å²) >= 11 is 0. The molecule has 0 unspecified atom stereocenters. The van der Waals surface area contributed by atoms with Gasteiger partial charge < -0.3 is 20.9 Å². The second kappa shape index (κ2) is 10.4. The molecule has 0 spiro atoms. The Labute approximate surface area is 201 Å². The molecule has 1 aliphatic heterocycles. The van der Waals surface area contributed by atoms with Crippen LogP contribution in [0.1, 0.15) is 46.3 Å². The molecule has 3 N–H and O–H groups in total. The van der Waals surface area contributed by atoms with Gasteiger partial charge in [0, 0.05) is 30.0 Å². The van der Waals surface area contributed by atoms with Crippen LogP contribution in [0.2, 0.25) is 0 Å². The molecule has 34 heavy (non-hydrogen) atoms. The second-order valence-electron chi connectivity index (χ2n) is 9.06. The first-order valence-electron chi connectivity index (χ1n) is 11.8. The highest BCUT2D eigenvalue weighted by molar-refractivity contribution is 6.06. The van der Waals surface area contributed by atoms with Crippen LogP contribution < -0.4 is 20.9 Å². The molecule has 0 aliphatic carbocycles.